The van der Waals surface area contributed by atoms with E-state index in [1.54, 1.807) is 0 Å². The van der Waals surface area contributed by atoms with Gasteiger partial charge in [0.15, 0.2) is 0 Å². The van der Waals surface area contributed by atoms with Crippen molar-refractivity contribution in [2.24, 2.45) is 4.99 Å². The van der Waals surface area contributed by atoms with Crippen LogP contribution in [0.2, 0.25) is 0 Å². The molecule has 0 bridgehead atoms. The van der Waals surface area contributed by atoms with E-state index in [4.69, 9.17) is 0 Å². The van der Waals surface area contributed by atoms with E-state index in [1.165, 1.54) is 29.7 Å². The maximum Gasteiger partial charge on any atom is 0.0433 e. The molecule has 1 aromatic rings. The summed E-state index contributed by atoms with van der Waals surface area (Å²) in [5.74, 6) is 0. The fourth-order valence-electron chi connectivity index (χ4n) is 1.97. The molecular formula is C13H17N. The number of hydrogen-bond donors (Lipinski definition) is 0. The molecule has 0 saturated carbocycles. The van der Waals surface area contributed by atoms with E-state index in [9.17, 15) is 0 Å². The number of fused-ring (bicyclic) bond motifs is 1. The predicted octanol–water partition coefficient (Wildman–Crippen LogP) is 3.22. The van der Waals surface area contributed by atoms with Crippen molar-refractivity contribution in [2.75, 3.05) is 6.54 Å². The van der Waals surface area contributed by atoms with Gasteiger partial charge in [0.2, 0.25) is 0 Å². The monoisotopic (exact) mass is 187 g/mol. The summed E-state index contributed by atoms with van der Waals surface area (Å²) in [4.78, 5) is 4.62. The molecule has 0 aromatic heterocycles. The zero-order valence-electron chi connectivity index (χ0n) is 8.79. The van der Waals surface area contributed by atoms with Gasteiger partial charge in [0.25, 0.3) is 0 Å². The Hall–Kier alpha value is -1.11. The van der Waals surface area contributed by atoms with Crippen LogP contribution >= 0.6 is 0 Å². The molecule has 0 spiro atoms. The van der Waals surface area contributed by atoms with Crippen molar-refractivity contribution < 1.29 is 0 Å². The second kappa shape index (κ2) is 4.41. The lowest BCUT2D eigenvalue weighted by atomic mass is 9.95. The van der Waals surface area contributed by atoms with Gasteiger partial charge in [0, 0.05) is 12.3 Å². The molecule has 0 saturated heterocycles. The first-order chi connectivity index (χ1) is 6.92. The van der Waals surface area contributed by atoms with Crippen LogP contribution < -0.4 is 0 Å². The molecule has 1 aliphatic heterocycles. The van der Waals surface area contributed by atoms with E-state index < -0.39 is 0 Å². The Balaban J connectivity index is 2.22. The molecule has 0 unspecified atom stereocenters. The number of nitrogens with zero attached hydrogens (tertiary/aromatic N) is 1. The summed E-state index contributed by atoms with van der Waals surface area (Å²) in [5.41, 5.74) is 4.20. The van der Waals surface area contributed by atoms with Crippen LogP contribution in [0.25, 0.3) is 0 Å². The Labute approximate surface area is 85.9 Å². The zero-order chi connectivity index (χ0) is 9.80. The van der Waals surface area contributed by atoms with Gasteiger partial charge in [-0.05, 0) is 30.4 Å². The van der Waals surface area contributed by atoms with Gasteiger partial charge >= 0.3 is 0 Å². The largest absolute Gasteiger partial charge is 0.289 e. The molecule has 0 N–H and O–H groups in total. The van der Waals surface area contributed by atoms with Crippen LogP contribution in [0.3, 0.4) is 0 Å². The summed E-state index contributed by atoms with van der Waals surface area (Å²) >= 11 is 0. The molecule has 1 heterocycles. The van der Waals surface area contributed by atoms with E-state index in [0.717, 1.165) is 19.4 Å². The molecule has 0 radical (unpaired) electrons. The first-order valence-corrected chi connectivity index (χ1v) is 5.53. The van der Waals surface area contributed by atoms with Crippen molar-refractivity contribution in [3.8, 4) is 0 Å². The van der Waals surface area contributed by atoms with E-state index in [-0.39, 0.29) is 0 Å². The Bertz CT molecular complexity index is 339. The van der Waals surface area contributed by atoms with E-state index >= 15 is 0 Å². The lowest BCUT2D eigenvalue weighted by Crippen LogP contribution is -2.12. The standard InChI is InChI=1S/C13H17N/c1-2-3-8-13-12-7-5-4-6-11(12)9-10-14-13/h4-7H,2-3,8-10H2,1H3. The average Bonchev–Trinajstić information content (AvgIpc) is 2.26. The summed E-state index contributed by atoms with van der Waals surface area (Å²) in [6.45, 7) is 3.21. The third-order valence-corrected chi connectivity index (χ3v) is 2.78. The van der Waals surface area contributed by atoms with Gasteiger partial charge in [-0.3, -0.25) is 4.99 Å². The van der Waals surface area contributed by atoms with E-state index in [1.807, 2.05) is 0 Å². The molecule has 1 aliphatic rings. The number of rotatable bonds is 3. The van der Waals surface area contributed by atoms with Crippen molar-refractivity contribution in [2.45, 2.75) is 32.6 Å². The zero-order valence-corrected chi connectivity index (χ0v) is 8.79. The second-order valence-electron chi connectivity index (χ2n) is 3.84. The van der Waals surface area contributed by atoms with E-state index in [0.29, 0.717) is 0 Å². The topological polar surface area (TPSA) is 12.4 Å². The summed E-state index contributed by atoms with van der Waals surface area (Å²) in [5, 5.41) is 0. The highest BCUT2D eigenvalue weighted by Gasteiger charge is 2.11. The Morgan fingerprint density at radius 1 is 1.29 bits per heavy atom. The van der Waals surface area contributed by atoms with Crippen LogP contribution in [-0.4, -0.2) is 12.3 Å². The summed E-state index contributed by atoms with van der Waals surface area (Å²) in [6.07, 6.45) is 4.77. The molecule has 1 heteroatoms. The molecule has 0 amide bonds. The summed E-state index contributed by atoms with van der Waals surface area (Å²) < 4.78 is 0. The lowest BCUT2D eigenvalue weighted by molar-refractivity contribution is 0.821. The second-order valence-corrected chi connectivity index (χ2v) is 3.84. The van der Waals surface area contributed by atoms with Crippen molar-refractivity contribution in [3.63, 3.8) is 0 Å². The van der Waals surface area contributed by atoms with Crippen molar-refractivity contribution in [1.82, 2.24) is 0 Å². The minimum atomic E-state index is 0.982. The SMILES string of the molecule is CCCCC1=NCCc2ccccc21. The van der Waals surface area contributed by atoms with Gasteiger partial charge in [-0.1, -0.05) is 37.6 Å². The Morgan fingerprint density at radius 3 is 3.00 bits per heavy atom. The predicted molar refractivity (Wildman–Crippen MR) is 61.1 cm³/mol. The molecule has 0 aliphatic carbocycles. The highest BCUT2D eigenvalue weighted by molar-refractivity contribution is 6.02. The van der Waals surface area contributed by atoms with Crippen molar-refractivity contribution in [3.05, 3.63) is 35.4 Å². The van der Waals surface area contributed by atoms with Gasteiger partial charge < -0.3 is 0 Å². The van der Waals surface area contributed by atoms with Crippen LogP contribution in [0.5, 0.6) is 0 Å². The smallest absolute Gasteiger partial charge is 0.0433 e. The fourth-order valence-corrected chi connectivity index (χ4v) is 1.97. The van der Waals surface area contributed by atoms with Crippen LogP contribution in [0.15, 0.2) is 29.3 Å². The molecule has 14 heavy (non-hydrogen) atoms. The number of unbranched alkanes of at least 4 members (excludes halogenated alkanes) is 1. The van der Waals surface area contributed by atoms with Crippen LogP contribution in [0, 0.1) is 0 Å². The summed E-state index contributed by atoms with van der Waals surface area (Å²) in [7, 11) is 0. The van der Waals surface area contributed by atoms with Crippen molar-refractivity contribution >= 4 is 5.71 Å². The average molecular weight is 187 g/mol. The molecule has 1 nitrogen and oxygen atoms in total. The van der Waals surface area contributed by atoms with Crippen LogP contribution in [-0.2, 0) is 6.42 Å². The van der Waals surface area contributed by atoms with Gasteiger partial charge in [-0.15, -0.1) is 0 Å². The third kappa shape index (κ3) is 1.87. The molecular weight excluding hydrogens is 170 g/mol. The Morgan fingerprint density at radius 2 is 2.14 bits per heavy atom. The fraction of sp³-hybridized carbons (Fsp3) is 0.462. The van der Waals surface area contributed by atoms with Gasteiger partial charge in [-0.2, -0.15) is 0 Å². The summed E-state index contributed by atoms with van der Waals surface area (Å²) in [6, 6.07) is 8.69. The number of aliphatic imine (C=N–C) groups is 1. The maximum atomic E-state index is 4.62. The van der Waals surface area contributed by atoms with Crippen molar-refractivity contribution in [1.29, 1.82) is 0 Å². The third-order valence-electron chi connectivity index (χ3n) is 2.78. The number of benzene rings is 1. The minimum Gasteiger partial charge on any atom is -0.289 e. The molecule has 1 aromatic carbocycles. The Kier molecular flexibility index (Phi) is 2.97. The van der Waals surface area contributed by atoms with E-state index in [2.05, 4.69) is 36.2 Å². The van der Waals surface area contributed by atoms with Gasteiger partial charge in [-0.25, -0.2) is 0 Å². The first-order valence-electron chi connectivity index (χ1n) is 5.53. The van der Waals surface area contributed by atoms with Crippen LogP contribution in [0.4, 0.5) is 0 Å². The maximum absolute atomic E-state index is 4.62. The first kappa shape index (κ1) is 9.45. The molecule has 0 atom stereocenters. The highest BCUT2D eigenvalue weighted by Crippen LogP contribution is 2.18. The molecule has 0 fully saturated rings. The molecule has 2 rings (SSSR count). The normalized spacial score (nSPS) is 14.8. The molecule has 74 valence electrons. The minimum absolute atomic E-state index is 0.982. The van der Waals surface area contributed by atoms with Gasteiger partial charge in [0.05, 0.1) is 0 Å². The van der Waals surface area contributed by atoms with Crippen LogP contribution in [0.1, 0.15) is 37.3 Å². The number of hydrogen-bond acceptors (Lipinski definition) is 1. The quantitative estimate of drug-likeness (QED) is 0.689. The van der Waals surface area contributed by atoms with Gasteiger partial charge in [0.1, 0.15) is 0 Å². The highest BCUT2D eigenvalue weighted by atomic mass is 14.7. The lowest BCUT2D eigenvalue weighted by Gasteiger charge is -2.16.